The van der Waals surface area contributed by atoms with E-state index >= 15 is 0 Å². The van der Waals surface area contributed by atoms with Crippen molar-refractivity contribution in [1.82, 2.24) is 20.2 Å². The topological polar surface area (TPSA) is 117 Å². The van der Waals surface area contributed by atoms with Gasteiger partial charge in [0.05, 0.1) is 18.7 Å². The second-order valence-corrected chi connectivity index (χ2v) is 12.8. The van der Waals surface area contributed by atoms with Gasteiger partial charge in [-0.1, -0.05) is 45.0 Å². The molecule has 2 aliphatic heterocycles. The molecule has 10 nitrogen and oxygen atoms in total. The lowest BCUT2D eigenvalue weighted by Gasteiger charge is -2.36. The molecule has 0 aliphatic carbocycles. The van der Waals surface area contributed by atoms with Crippen LogP contribution in [0, 0.1) is 17.3 Å². The average Bonchev–Trinajstić information content (AvgIpc) is 3.35. The molecule has 3 aromatic rings. The molecule has 1 amide bonds. The minimum atomic E-state index is -1.04. The van der Waals surface area contributed by atoms with Gasteiger partial charge in [0.25, 0.3) is 0 Å². The number of carbonyl (C=O) groups is 2. The second-order valence-electron chi connectivity index (χ2n) is 12.8. The number of hydrogen-bond acceptors (Lipinski definition) is 8. The van der Waals surface area contributed by atoms with E-state index in [0.717, 1.165) is 22.0 Å². The van der Waals surface area contributed by atoms with Gasteiger partial charge in [0.1, 0.15) is 11.9 Å². The lowest BCUT2D eigenvalue weighted by molar-refractivity contribution is -0.155. The van der Waals surface area contributed by atoms with Crippen LogP contribution in [-0.2, 0) is 20.9 Å². The highest BCUT2D eigenvalue weighted by Crippen LogP contribution is 2.50. The van der Waals surface area contributed by atoms with Crippen LogP contribution in [0.5, 0.6) is 5.88 Å². The lowest BCUT2D eigenvalue weighted by Crippen LogP contribution is -2.49. The number of aliphatic carboxylic acids is 1. The number of benzene rings is 1. The first-order valence-corrected chi connectivity index (χ1v) is 14.9. The van der Waals surface area contributed by atoms with Gasteiger partial charge in [0, 0.05) is 74.4 Å². The van der Waals surface area contributed by atoms with Crippen LogP contribution in [0.3, 0.4) is 0 Å². The van der Waals surface area contributed by atoms with Gasteiger partial charge >= 0.3 is 5.97 Å². The van der Waals surface area contributed by atoms with E-state index in [0.29, 0.717) is 44.3 Å². The molecule has 10 heteroatoms. The minimum absolute atomic E-state index is 0.141. The number of fused-ring (bicyclic) bond motifs is 1. The molecule has 43 heavy (non-hydrogen) atoms. The zero-order valence-corrected chi connectivity index (χ0v) is 25.9. The molecular weight excluding hydrogens is 546 g/mol. The summed E-state index contributed by atoms with van der Waals surface area (Å²) in [5.74, 6) is -0.663. The highest BCUT2D eigenvalue weighted by molar-refractivity contribution is 5.87. The first kappa shape index (κ1) is 30.7. The largest absolute Gasteiger partial charge is 0.481 e. The predicted octanol–water partition coefficient (Wildman–Crippen LogP) is 4.29. The molecule has 5 rings (SSSR count). The third kappa shape index (κ3) is 6.03. The van der Waals surface area contributed by atoms with E-state index in [2.05, 4.69) is 37.1 Å². The standard InChI is InChI=1S/C33H43N5O5/c1-33(2,3)25-26(35-19-22-18-21-10-7-8-12-24(21)36-30(22)42-6)27(23-11-9-15-34-29(23)37(4)5)38(28(25)32(40)41)31(39)20-13-16-43-17-14-20/h7-12,15,18,20,25-28,35H,13-14,16-17,19H2,1-6H3,(H,40,41)/t25-,26-,27-,28-/m0/s1. The highest BCUT2D eigenvalue weighted by atomic mass is 16.5. The SMILES string of the molecule is COc1nc2ccccc2cc1CN[C@H]1[C@H](C(C)(C)C)[C@@H](C(=O)O)N(C(=O)C2CCOCC2)[C@H]1c1cccnc1N(C)C. The molecule has 2 saturated heterocycles. The molecule has 0 radical (unpaired) electrons. The smallest absolute Gasteiger partial charge is 0.326 e. The number of pyridine rings is 2. The molecule has 0 unspecified atom stereocenters. The minimum Gasteiger partial charge on any atom is -0.481 e. The molecule has 0 saturated carbocycles. The van der Waals surface area contributed by atoms with Gasteiger partial charge in [-0.25, -0.2) is 14.8 Å². The fraction of sp³-hybridized carbons (Fsp3) is 0.515. The number of carboxylic acid groups (broad SMARTS) is 1. The van der Waals surface area contributed by atoms with Gasteiger partial charge in [0.2, 0.25) is 11.8 Å². The van der Waals surface area contributed by atoms with E-state index in [4.69, 9.17) is 14.5 Å². The normalized spacial score (nSPS) is 23.0. The number of amides is 1. The molecule has 4 atom stereocenters. The molecule has 2 fully saturated rings. The van der Waals surface area contributed by atoms with Crippen molar-refractivity contribution in [3.05, 3.63) is 59.8 Å². The Morgan fingerprint density at radius 3 is 2.51 bits per heavy atom. The van der Waals surface area contributed by atoms with Crippen LogP contribution in [-0.4, -0.2) is 78.4 Å². The van der Waals surface area contributed by atoms with Crippen LogP contribution < -0.4 is 15.0 Å². The summed E-state index contributed by atoms with van der Waals surface area (Å²) in [5, 5.41) is 15.5. The maximum Gasteiger partial charge on any atom is 0.326 e. The van der Waals surface area contributed by atoms with Crippen LogP contribution in [0.2, 0.25) is 0 Å². The van der Waals surface area contributed by atoms with Gasteiger partial charge in [-0.05, 0) is 36.5 Å². The average molecular weight is 590 g/mol. The molecule has 4 heterocycles. The first-order chi connectivity index (χ1) is 20.5. The summed E-state index contributed by atoms with van der Waals surface area (Å²) in [6.07, 6.45) is 2.86. The number of carbonyl (C=O) groups excluding carboxylic acids is 1. The summed E-state index contributed by atoms with van der Waals surface area (Å²) < 4.78 is 11.2. The maximum atomic E-state index is 14.4. The van der Waals surface area contributed by atoms with Gasteiger partial charge in [-0.3, -0.25) is 4.79 Å². The number of likely N-dealkylation sites (tertiary alicyclic amines) is 1. The van der Waals surface area contributed by atoms with Gasteiger partial charge in [-0.2, -0.15) is 0 Å². The number of ether oxygens (including phenoxy) is 2. The van der Waals surface area contributed by atoms with Crippen LogP contribution in [0.15, 0.2) is 48.7 Å². The van der Waals surface area contributed by atoms with Crippen LogP contribution in [0.25, 0.3) is 10.9 Å². The third-order valence-electron chi connectivity index (χ3n) is 8.79. The van der Waals surface area contributed by atoms with E-state index in [9.17, 15) is 14.7 Å². The van der Waals surface area contributed by atoms with Gasteiger partial charge in [-0.15, -0.1) is 0 Å². The molecule has 2 aliphatic rings. The Bertz CT molecular complexity index is 1470. The van der Waals surface area contributed by atoms with E-state index < -0.39 is 35.4 Å². The fourth-order valence-corrected chi connectivity index (χ4v) is 6.90. The van der Waals surface area contributed by atoms with Crippen molar-refractivity contribution >= 4 is 28.6 Å². The maximum absolute atomic E-state index is 14.4. The number of nitrogens with zero attached hydrogens (tertiary/aromatic N) is 4. The highest BCUT2D eigenvalue weighted by Gasteiger charge is 2.59. The van der Waals surface area contributed by atoms with Crippen molar-refractivity contribution in [2.75, 3.05) is 39.3 Å². The molecule has 230 valence electrons. The summed E-state index contributed by atoms with van der Waals surface area (Å²) in [5.41, 5.74) is 2.04. The molecular formula is C33H43N5O5. The van der Waals surface area contributed by atoms with Gasteiger partial charge < -0.3 is 29.7 Å². The van der Waals surface area contributed by atoms with Crippen molar-refractivity contribution in [3.63, 3.8) is 0 Å². The number of anilines is 1. The van der Waals surface area contributed by atoms with Crippen molar-refractivity contribution in [3.8, 4) is 5.88 Å². The fourth-order valence-electron chi connectivity index (χ4n) is 6.90. The number of hydrogen-bond donors (Lipinski definition) is 2. The molecule has 1 aromatic carbocycles. The van der Waals surface area contributed by atoms with Crippen LogP contribution >= 0.6 is 0 Å². The van der Waals surface area contributed by atoms with E-state index in [1.165, 1.54) is 0 Å². The Hall–Kier alpha value is -3.76. The molecule has 0 spiro atoms. The summed E-state index contributed by atoms with van der Waals surface area (Å²) >= 11 is 0. The molecule has 2 aromatic heterocycles. The Kier molecular flexibility index (Phi) is 8.89. The number of aromatic nitrogens is 2. The Morgan fingerprint density at radius 1 is 1.14 bits per heavy atom. The van der Waals surface area contributed by atoms with Crippen LogP contribution in [0.4, 0.5) is 5.82 Å². The monoisotopic (exact) mass is 589 g/mol. The Labute approximate surface area is 253 Å². The first-order valence-electron chi connectivity index (χ1n) is 14.9. The molecule has 2 N–H and O–H groups in total. The molecule has 0 bridgehead atoms. The van der Waals surface area contributed by atoms with Crippen molar-refractivity contribution in [2.45, 2.75) is 58.3 Å². The third-order valence-corrected chi connectivity index (χ3v) is 8.79. The van der Waals surface area contributed by atoms with Gasteiger partial charge in [0.15, 0.2) is 0 Å². The number of para-hydroxylation sites is 1. The van der Waals surface area contributed by atoms with Crippen LogP contribution in [0.1, 0.15) is 50.8 Å². The Morgan fingerprint density at radius 2 is 1.86 bits per heavy atom. The number of nitrogens with one attached hydrogen (secondary N) is 1. The summed E-state index contributed by atoms with van der Waals surface area (Å²) in [7, 11) is 5.43. The number of rotatable bonds is 8. The zero-order valence-electron chi connectivity index (χ0n) is 25.9. The quantitative estimate of drug-likeness (QED) is 0.397. The predicted molar refractivity (Wildman–Crippen MR) is 165 cm³/mol. The lowest BCUT2D eigenvalue weighted by atomic mass is 9.72. The van der Waals surface area contributed by atoms with Crippen molar-refractivity contribution in [1.29, 1.82) is 0 Å². The van der Waals surface area contributed by atoms with Crippen molar-refractivity contribution < 1.29 is 24.2 Å². The van der Waals surface area contributed by atoms with Crippen molar-refractivity contribution in [2.24, 2.45) is 17.3 Å². The zero-order chi connectivity index (χ0) is 30.9. The number of carboxylic acids is 1. The van der Waals surface area contributed by atoms with E-state index in [-0.39, 0.29) is 11.8 Å². The van der Waals surface area contributed by atoms with E-state index in [1.807, 2.05) is 55.4 Å². The summed E-state index contributed by atoms with van der Waals surface area (Å²) in [6.45, 7) is 7.50. The van der Waals surface area contributed by atoms with E-state index in [1.54, 1.807) is 18.2 Å². The Balaban J connectivity index is 1.65. The summed E-state index contributed by atoms with van der Waals surface area (Å²) in [4.78, 5) is 40.6. The number of methoxy groups -OCH3 is 1. The summed E-state index contributed by atoms with van der Waals surface area (Å²) in [6, 6.07) is 11.7. The second kappa shape index (κ2) is 12.5.